The molecule has 0 aliphatic heterocycles. The summed E-state index contributed by atoms with van der Waals surface area (Å²) in [5.41, 5.74) is 0.920. The highest BCUT2D eigenvalue weighted by Gasteiger charge is 2.24. The second-order valence-corrected chi connectivity index (χ2v) is 4.25. The third-order valence-electron chi connectivity index (χ3n) is 2.69. The van der Waals surface area contributed by atoms with Gasteiger partial charge in [-0.25, -0.2) is 4.79 Å². The van der Waals surface area contributed by atoms with Crippen molar-refractivity contribution in [2.75, 3.05) is 10.3 Å². The summed E-state index contributed by atoms with van der Waals surface area (Å²) in [6.07, 6.45) is 0. The van der Waals surface area contributed by atoms with Crippen LogP contribution in [0.15, 0.2) is 60.7 Å². The molecule has 0 unspecified atom stereocenters. The minimum atomic E-state index is -0.679. The number of para-hydroxylation sites is 2. The van der Waals surface area contributed by atoms with Crippen molar-refractivity contribution in [2.24, 2.45) is 0 Å². The average Bonchev–Trinajstić information content (AvgIpc) is 2.49. The second-order valence-electron chi connectivity index (χ2n) is 4.25. The summed E-state index contributed by atoms with van der Waals surface area (Å²) in [7, 11) is 0. The molecule has 0 aliphatic rings. The first-order valence-electron chi connectivity index (χ1n) is 6.30. The molecular formula is C15H15N3O3. The van der Waals surface area contributed by atoms with Gasteiger partial charge in [0.2, 0.25) is 0 Å². The molecule has 2 rings (SSSR count). The van der Waals surface area contributed by atoms with E-state index < -0.39 is 11.9 Å². The molecule has 21 heavy (non-hydrogen) atoms. The van der Waals surface area contributed by atoms with Gasteiger partial charge in [0, 0.05) is 12.6 Å². The van der Waals surface area contributed by atoms with Gasteiger partial charge in [0.25, 0.3) is 5.91 Å². The molecule has 0 saturated carbocycles. The number of anilines is 2. The van der Waals surface area contributed by atoms with E-state index in [9.17, 15) is 14.8 Å². The Morgan fingerprint density at radius 3 is 2.00 bits per heavy atom. The molecule has 3 amide bonds. The van der Waals surface area contributed by atoms with Crippen LogP contribution in [0.25, 0.3) is 0 Å². The number of amides is 3. The van der Waals surface area contributed by atoms with Gasteiger partial charge in [-0.05, 0) is 24.3 Å². The number of hydrazine groups is 1. The minimum Gasteiger partial charge on any atom is -0.306 e. The minimum absolute atomic E-state index is 0.271. The fraction of sp³-hybridized carbons (Fsp3) is 0.0667. The maximum Gasteiger partial charge on any atom is 0.347 e. The smallest absolute Gasteiger partial charge is 0.306 e. The zero-order chi connectivity index (χ0) is 15.2. The first-order chi connectivity index (χ1) is 10.1. The predicted octanol–water partition coefficient (Wildman–Crippen LogP) is 2.88. The van der Waals surface area contributed by atoms with E-state index in [-0.39, 0.29) is 5.17 Å². The molecule has 2 N–H and O–H groups in total. The Kier molecular flexibility index (Phi) is 4.53. The Morgan fingerprint density at radius 2 is 1.48 bits per heavy atom. The van der Waals surface area contributed by atoms with Gasteiger partial charge in [0.1, 0.15) is 0 Å². The zero-order valence-corrected chi connectivity index (χ0v) is 11.4. The summed E-state index contributed by atoms with van der Waals surface area (Å²) >= 11 is 0. The SMILES string of the molecule is CC(=O)N(O)N(C(=O)Nc1ccccc1)c1ccccc1. The van der Waals surface area contributed by atoms with Crippen LogP contribution < -0.4 is 10.3 Å². The van der Waals surface area contributed by atoms with E-state index in [2.05, 4.69) is 5.32 Å². The van der Waals surface area contributed by atoms with Gasteiger partial charge in [0.05, 0.1) is 5.69 Å². The number of urea groups is 1. The van der Waals surface area contributed by atoms with Crippen LogP contribution in [0.4, 0.5) is 16.2 Å². The predicted molar refractivity (Wildman–Crippen MR) is 78.7 cm³/mol. The number of carbonyl (C=O) groups excluding carboxylic acids is 2. The van der Waals surface area contributed by atoms with Crippen molar-refractivity contribution in [3.05, 3.63) is 60.7 Å². The summed E-state index contributed by atoms with van der Waals surface area (Å²) in [6, 6.07) is 16.5. The van der Waals surface area contributed by atoms with Gasteiger partial charge in [-0.15, -0.1) is 5.17 Å². The Balaban J connectivity index is 2.27. The number of rotatable bonds is 2. The molecule has 6 nitrogen and oxygen atoms in total. The molecular weight excluding hydrogens is 270 g/mol. The number of benzene rings is 2. The van der Waals surface area contributed by atoms with E-state index in [0.717, 1.165) is 11.9 Å². The Morgan fingerprint density at radius 1 is 0.952 bits per heavy atom. The van der Waals surface area contributed by atoms with Gasteiger partial charge in [-0.3, -0.25) is 10.0 Å². The molecule has 0 bridgehead atoms. The molecule has 0 atom stereocenters. The summed E-state index contributed by atoms with van der Waals surface area (Å²) in [6.45, 7) is 1.16. The number of hydrogen-bond acceptors (Lipinski definition) is 3. The number of hydrogen-bond donors (Lipinski definition) is 2. The molecule has 6 heteroatoms. The lowest BCUT2D eigenvalue weighted by Crippen LogP contribution is -2.49. The van der Waals surface area contributed by atoms with E-state index >= 15 is 0 Å². The zero-order valence-electron chi connectivity index (χ0n) is 11.4. The van der Waals surface area contributed by atoms with Crippen molar-refractivity contribution in [3.8, 4) is 0 Å². The standard InChI is InChI=1S/C15H15N3O3/c1-12(19)18(21)17(14-10-6-3-7-11-14)15(20)16-13-8-4-2-5-9-13/h2-11,21H,1H3,(H,16,20). The topological polar surface area (TPSA) is 72.9 Å². The Labute approximate surface area is 122 Å². The van der Waals surface area contributed by atoms with Gasteiger partial charge >= 0.3 is 6.03 Å². The fourth-order valence-corrected chi connectivity index (χ4v) is 1.72. The largest absolute Gasteiger partial charge is 0.347 e. The fourth-order valence-electron chi connectivity index (χ4n) is 1.72. The molecule has 0 radical (unpaired) electrons. The summed E-state index contributed by atoms with van der Waals surface area (Å²) in [5.74, 6) is -0.679. The molecule has 0 aromatic heterocycles. The molecule has 0 spiro atoms. The molecule has 108 valence electrons. The van der Waals surface area contributed by atoms with Gasteiger partial charge < -0.3 is 5.32 Å². The second kappa shape index (κ2) is 6.53. The highest BCUT2D eigenvalue weighted by atomic mass is 16.6. The maximum absolute atomic E-state index is 12.3. The third-order valence-corrected chi connectivity index (χ3v) is 2.69. The van der Waals surface area contributed by atoms with Crippen molar-refractivity contribution in [3.63, 3.8) is 0 Å². The first kappa shape index (κ1) is 14.5. The monoisotopic (exact) mass is 285 g/mol. The van der Waals surface area contributed by atoms with E-state index in [1.54, 1.807) is 54.6 Å². The van der Waals surface area contributed by atoms with Crippen LogP contribution in [-0.2, 0) is 4.79 Å². The van der Waals surface area contributed by atoms with Crippen molar-refractivity contribution in [2.45, 2.75) is 6.92 Å². The number of nitrogens with zero attached hydrogens (tertiary/aromatic N) is 2. The highest BCUT2D eigenvalue weighted by Crippen LogP contribution is 2.17. The van der Waals surface area contributed by atoms with E-state index in [4.69, 9.17) is 0 Å². The van der Waals surface area contributed by atoms with Crippen LogP contribution in [0.2, 0.25) is 0 Å². The molecule has 0 fully saturated rings. The van der Waals surface area contributed by atoms with Crippen molar-refractivity contribution in [1.82, 2.24) is 5.17 Å². The van der Waals surface area contributed by atoms with Crippen LogP contribution in [0.1, 0.15) is 6.92 Å². The van der Waals surface area contributed by atoms with E-state index in [0.29, 0.717) is 11.4 Å². The summed E-state index contributed by atoms with van der Waals surface area (Å²) in [4.78, 5) is 23.7. The van der Waals surface area contributed by atoms with Crippen molar-refractivity contribution in [1.29, 1.82) is 0 Å². The summed E-state index contributed by atoms with van der Waals surface area (Å²) < 4.78 is 0. The molecule has 2 aromatic rings. The average molecular weight is 285 g/mol. The molecule has 0 heterocycles. The number of hydroxylamine groups is 1. The lowest BCUT2D eigenvalue weighted by Gasteiger charge is -2.28. The van der Waals surface area contributed by atoms with Gasteiger partial charge in [-0.2, -0.15) is 5.01 Å². The van der Waals surface area contributed by atoms with E-state index in [1.807, 2.05) is 6.07 Å². The Hall–Kier alpha value is -2.86. The normalized spacial score (nSPS) is 9.81. The third kappa shape index (κ3) is 3.58. The van der Waals surface area contributed by atoms with Crippen molar-refractivity contribution < 1.29 is 14.8 Å². The first-order valence-corrected chi connectivity index (χ1v) is 6.30. The number of carbonyl (C=O) groups is 2. The molecule has 0 aliphatic carbocycles. The number of nitrogens with one attached hydrogen (secondary N) is 1. The molecule has 0 saturated heterocycles. The lowest BCUT2D eigenvalue weighted by molar-refractivity contribution is -0.162. The van der Waals surface area contributed by atoms with Crippen LogP contribution in [-0.4, -0.2) is 22.3 Å². The maximum atomic E-state index is 12.3. The van der Waals surface area contributed by atoms with Crippen LogP contribution >= 0.6 is 0 Å². The highest BCUT2D eigenvalue weighted by molar-refractivity contribution is 6.02. The van der Waals surface area contributed by atoms with Gasteiger partial charge in [-0.1, -0.05) is 36.4 Å². The molecule has 2 aromatic carbocycles. The van der Waals surface area contributed by atoms with E-state index in [1.165, 1.54) is 0 Å². The van der Waals surface area contributed by atoms with Crippen LogP contribution in [0.5, 0.6) is 0 Å². The quantitative estimate of drug-likeness (QED) is 0.658. The van der Waals surface area contributed by atoms with Crippen LogP contribution in [0, 0.1) is 0 Å². The Bertz CT molecular complexity index is 617. The van der Waals surface area contributed by atoms with Crippen LogP contribution in [0.3, 0.4) is 0 Å². The van der Waals surface area contributed by atoms with Crippen molar-refractivity contribution >= 4 is 23.3 Å². The van der Waals surface area contributed by atoms with Gasteiger partial charge in [0.15, 0.2) is 0 Å². The summed E-state index contributed by atoms with van der Waals surface area (Å²) in [5, 5.41) is 13.6. The lowest BCUT2D eigenvalue weighted by atomic mass is 10.3.